The van der Waals surface area contributed by atoms with Crippen molar-refractivity contribution in [3.05, 3.63) is 86.0 Å². The molecule has 0 aliphatic heterocycles. The van der Waals surface area contributed by atoms with E-state index in [1.165, 1.54) is 6.07 Å². The second kappa shape index (κ2) is 6.29. The minimum Gasteiger partial charge on any atom is -0.386 e. The number of rotatable bonds is 0. The van der Waals surface area contributed by atoms with Crippen LogP contribution in [-0.4, -0.2) is 0 Å². The van der Waals surface area contributed by atoms with Crippen molar-refractivity contribution in [2.45, 2.75) is 0 Å². The first-order valence-corrected chi connectivity index (χ1v) is 11.2. The zero-order valence-corrected chi connectivity index (χ0v) is 19.3. The summed E-state index contributed by atoms with van der Waals surface area (Å²) < 4.78 is 9.78. The molecule has 0 radical (unpaired) electrons. The molecule has 7 aromatic rings. The summed E-state index contributed by atoms with van der Waals surface area (Å²) in [7, 11) is 0. The van der Waals surface area contributed by atoms with Crippen LogP contribution in [0.4, 0.5) is 0 Å². The largest absolute Gasteiger partial charge is 0.386 e. The fourth-order valence-electron chi connectivity index (χ4n) is 5.16. The van der Waals surface area contributed by atoms with Crippen LogP contribution in [0, 0.1) is 0 Å². The molecule has 5 aromatic carbocycles. The van der Waals surface area contributed by atoms with Crippen LogP contribution in [0.3, 0.4) is 0 Å². The van der Waals surface area contributed by atoms with E-state index in [0.717, 1.165) is 0 Å². The Morgan fingerprint density at radius 1 is 0.471 bits per heavy atom. The minimum absolute atomic E-state index is 0.00697. The van der Waals surface area contributed by atoms with Gasteiger partial charge in [0.2, 0.25) is 0 Å². The molecule has 0 aliphatic carbocycles. The Labute approximate surface area is 205 Å². The Balaban J connectivity index is 2.13. The molecular weight excluding hydrogens is 526 g/mol. The van der Waals surface area contributed by atoms with E-state index >= 15 is 0 Å². The van der Waals surface area contributed by atoms with E-state index in [1.807, 2.05) is 0 Å². The number of hydrogen-bond donors (Lipinski definition) is 0. The molecule has 34 heavy (non-hydrogen) atoms. The first-order chi connectivity index (χ1) is 16.2. The minimum atomic E-state index is -0.965. The highest BCUT2D eigenvalue weighted by Gasteiger charge is 2.30. The van der Waals surface area contributed by atoms with Crippen molar-refractivity contribution in [2.24, 2.45) is 0 Å². The van der Waals surface area contributed by atoms with E-state index < -0.39 is 22.5 Å². The van der Waals surface area contributed by atoms with E-state index in [-0.39, 0.29) is 57.8 Å². The van der Waals surface area contributed by atoms with Crippen LogP contribution in [0.2, 0.25) is 20.1 Å². The van der Waals surface area contributed by atoms with Gasteiger partial charge in [0.15, 0.2) is 0 Å². The van der Waals surface area contributed by atoms with Gasteiger partial charge in [-0.2, -0.15) is 0 Å². The summed E-state index contributed by atoms with van der Waals surface area (Å²) in [5, 5.41) is 2.61. The summed E-state index contributed by atoms with van der Waals surface area (Å²) in [6.07, 6.45) is 0. The van der Waals surface area contributed by atoms with Crippen LogP contribution in [-0.2, 0) is 0 Å². The average molecular weight is 530 g/mol. The Morgan fingerprint density at radius 3 is 1.82 bits per heavy atom. The van der Waals surface area contributed by atoms with Gasteiger partial charge in [-0.3, -0.25) is 0 Å². The van der Waals surface area contributed by atoms with Crippen molar-refractivity contribution in [2.75, 3.05) is 0 Å². The molecule has 0 fully saturated rings. The molecule has 0 atom stereocenters. The van der Waals surface area contributed by atoms with Crippen LogP contribution in [0.5, 0.6) is 0 Å². The Hall–Kier alpha value is -3.16. The Morgan fingerprint density at radius 2 is 1.06 bits per heavy atom. The maximum absolute atomic E-state index is 12.9. The van der Waals surface area contributed by atoms with Crippen molar-refractivity contribution in [3.8, 4) is 0 Å². The van der Waals surface area contributed by atoms with Gasteiger partial charge in [-0.05, 0) is 22.2 Å². The lowest BCUT2D eigenvalue weighted by Crippen LogP contribution is -1.99. The van der Waals surface area contributed by atoms with E-state index in [1.54, 1.807) is 18.2 Å². The second-order valence-corrected chi connectivity index (χ2v) is 9.45. The normalized spacial score (nSPS) is 12.6. The van der Waals surface area contributed by atoms with Gasteiger partial charge in [0.25, 0.3) is 0 Å². The quantitative estimate of drug-likeness (QED) is 0.133. The molecule has 0 N–H and O–H groups in total. The summed E-state index contributed by atoms with van der Waals surface area (Å²) in [4.78, 5) is 50.9. The number of halogens is 4. The standard InChI is InChI=1S/C24H4Cl4O6/c25-17-15-12-9(18(26)20(28)19(15)27)6-3-1-2-5-4-7-10(22(30)33-21(7)29)11(8(5)6)13(12)14-16(17)24(32)34-23(14)31/h1-4H. The van der Waals surface area contributed by atoms with E-state index in [4.69, 9.17) is 55.2 Å². The van der Waals surface area contributed by atoms with Gasteiger partial charge in [0.1, 0.15) is 0 Å². The molecule has 0 saturated heterocycles. The lowest BCUT2D eigenvalue weighted by Gasteiger charge is -2.18. The summed E-state index contributed by atoms with van der Waals surface area (Å²) >= 11 is 26.3. The molecule has 10 heteroatoms. The zero-order valence-electron chi connectivity index (χ0n) is 16.3. The van der Waals surface area contributed by atoms with Crippen molar-refractivity contribution in [1.29, 1.82) is 0 Å². The van der Waals surface area contributed by atoms with Crippen molar-refractivity contribution in [1.82, 2.24) is 0 Å². The van der Waals surface area contributed by atoms with Crippen LogP contribution in [0.25, 0.3) is 64.6 Å². The Kier molecular flexibility index (Phi) is 3.74. The van der Waals surface area contributed by atoms with Gasteiger partial charge in [0, 0.05) is 26.9 Å². The number of hydrogen-bond acceptors (Lipinski definition) is 6. The SMILES string of the molecule is O=c1oc(=O)c2c1cc1cccc3c4c(Cl)c(Cl)c(Cl)c5c(Cl)c6c(=O)oc(=O)c6c(c54)c2c13. The monoisotopic (exact) mass is 528 g/mol. The lowest BCUT2D eigenvalue weighted by molar-refractivity contribution is 0.499. The summed E-state index contributed by atoms with van der Waals surface area (Å²) in [6.45, 7) is 0. The van der Waals surface area contributed by atoms with Crippen molar-refractivity contribution < 1.29 is 8.83 Å². The maximum Gasteiger partial charge on any atom is 0.348 e. The molecule has 0 amide bonds. The van der Waals surface area contributed by atoms with Gasteiger partial charge < -0.3 is 8.83 Å². The number of furan rings is 2. The topological polar surface area (TPSA) is 94.6 Å². The van der Waals surface area contributed by atoms with Gasteiger partial charge >= 0.3 is 22.5 Å². The van der Waals surface area contributed by atoms with Crippen LogP contribution >= 0.6 is 46.4 Å². The maximum atomic E-state index is 12.9. The van der Waals surface area contributed by atoms with Crippen molar-refractivity contribution in [3.63, 3.8) is 0 Å². The van der Waals surface area contributed by atoms with E-state index in [0.29, 0.717) is 26.9 Å². The fraction of sp³-hybridized carbons (Fsp3) is 0. The predicted octanol–water partition coefficient (Wildman–Crippen LogP) is 6.16. The smallest absolute Gasteiger partial charge is 0.348 e. The molecule has 164 valence electrons. The molecule has 0 spiro atoms. The number of benzene rings is 5. The molecule has 0 aliphatic rings. The molecule has 0 unspecified atom stereocenters. The molecule has 2 heterocycles. The molecular formula is C24H4Cl4O6. The highest BCUT2D eigenvalue weighted by molar-refractivity contribution is 6.59. The average Bonchev–Trinajstić information content (AvgIpc) is 3.26. The third-order valence-electron chi connectivity index (χ3n) is 6.40. The van der Waals surface area contributed by atoms with Gasteiger partial charge in [0.05, 0.1) is 41.6 Å². The third kappa shape index (κ3) is 2.11. The molecule has 7 rings (SSSR count). The third-order valence-corrected chi connectivity index (χ3v) is 8.11. The molecule has 0 bridgehead atoms. The van der Waals surface area contributed by atoms with E-state index in [2.05, 4.69) is 0 Å². The molecule has 2 aromatic heterocycles. The summed E-state index contributed by atoms with van der Waals surface area (Å²) in [5.74, 6) is 0. The molecule has 6 nitrogen and oxygen atoms in total. The molecule has 0 saturated carbocycles. The van der Waals surface area contributed by atoms with Gasteiger partial charge in [-0.15, -0.1) is 0 Å². The van der Waals surface area contributed by atoms with Gasteiger partial charge in [-0.25, -0.2) is 19.2 Å². The van der Waals surface area contributed by atoms with E-state index in [9.17, 15) is 19.2 Å². The summed E-state index contributed by atoms with van der Waals surface area (Å²) in [5.41, 5.74) is -3.61. The van der Waals surface area contributed by atoms with Crippen LogP contribution in [0.1, 0.15) is 0 Å². The zero-order chi connectivity index (χ0) is 23.8. The highest BCUT2D eigenvalue weighted by atomic mass is 35.5. The Bertz CT molecular complexity index is 2300. The lowest BCUT2D eigenvalue weighted by atomic mass is 9.86. The summed E-state index contributed by atoms with van der Waals surface area (Å²) in [6, 6.07) is 6.79. The first-order valence-electron chi connectivity index (χ1n) is 9.71. The number of fused-ring (bicyclic) bond motifs is 6. The fourth-order valence-corrected chi connectivity index (χ4v) is 6.39. The van der Waals surface area contributed by atoms with Crippen LogP contribution in [0.15, 0.2) is 52.3 Å². The highest BCUT2D eigenvalue weighted by Crippen LogP contribution is 2.53. The predicted molar refractivity (Wildman–Crippen MR) is 135 cm³/mol. The van der Waals surface area contributed by atoms with Gasteiger partial charge in [-0.1, -0.05) is 64.6 Å². The second-order valence-electron chi connectivity index (χ2n) is 7.94. The van der Waals surface area contributed by atoms with Crippen molar-refractivity contribution >= 4 is 111 Å². The first kappa shape index (κ1) is 20.2. The van der Waals surface area contributed by atoms with Crippen LogP contribution < -0.4 is 22.5 Å².